The molecule has 2 heteroatoms. The average molecular weight is 209 g/mol. The van der Waals surface area contributed by atoms with Crippen LogP contribution < -0.4 is 5.32 Å². The van der Waals surface area contributed by atoms with Gasteiger partial charge in [0.1, 0.15) is 11.5 Å². The fourth-order valence-corrected chi connectivity index (χ4v) is 1.73. The molecule has 0 fully saturated rings. The molecule has 0 aliphatic heterocycles. The second kappa shape index (κ2) is 4.84. The fraction of sp³-hybridized carbons (Fsp3) is 0.692. The maximum atomic E-state index is 5.62. The van der Waals surface area contributed by atoms with Crippen LogP contribution in [0, 0.1) is 6.92 Å². The summed E-state index contributed by atoms with van der Waals surface area (Å²) in [4.78, 5) is 0. The van der Waals surface area contributed by atoms with E-state index < -0.39 is 0 Å². The van der Waals surface area contributed by atoms with Gasteiger partial charge in [0.2, 0.25) is 0 Å². The lowest BCUT2D eigenvalue weighted by Gasteiger charge is -2.31. The van der Waals surface area contributed by atoms with Crippen LogP contribution in [0.2, 0.25) is 0 Å². The van der Waals surface area contributed by atoms with E-state index in [0.29, 0.717) is 0 Å². The van der Waals surface area contributed by atoms with Gasteiger partial charge in [-0.25, -0.2) is 0 Å². The molecular formula is C13H23NO. The minimum atomic E-state index is 0.208. The standard InChI is InChI=1S/C13H23NO/c1-6-13(5,7-2)14-11(4)12-9-8-10(3)15-12/h8-9,11,14H,6-7H2,1-5H3. The quantitative estimate of drug-likeness (QED) is 0.797. The zero-order chi connectivity index (χ0) is 11.5. The summed E-state index contributed by atoms with van der Waals surface area (Å²) in [5, 5.41) is 3.63. The van der Waals surface area contributed by atoms with E-state index in [1.807, 2.05) is 13.0 Å². The van der Waals surface area contributed by atoms with Crippen molar-refractivity contribution < 1.29 is 4.42 Å². The van der Waals surface area contributed by atoms with E-state index in [-0.39, 0.29) is 11.6 Å². The largest absolute Gasteiger partial charge is 0.465 e. The van der Waals surface area contributed by atoms with Crippen molar-refractivity contribution in [1.29, 1.82) is 0 Å². The van der Waals surface area contributed by atoms with Crippen LogP contribution in [-0.2, 0) is 0 Å². The van der Waals surface area contributed by atoms with Gasteiger partial charge in [0, 0.05) is 5.54 Å². The number of aryl methyl sites for hydroxylation is 1. The summed E-state index contributed by atoms with van der Waals surface area (Å²) in [6.45, 7) is 10.8. The summed E-state index contributed by atoms with van der Waals surface area (Å²) in [5.74, 6) is 2.01. The molecule has 0 amide bonds. The Bertz CT molecular complexity index is 299. The van der Waals surface area contributed by atoms with Gasteiger partial charge in [0.25, 0.3) is 0 Å². The van der Waals surface area contributed by atoms with Crippen molar-refractivity contribution in [2.24, 2.45) is 0 Å². The predicted octanol–water partition coefficient (Wildman–Crippen LogP) is 3.82. The molecular weight excluding hydrogens is 186 g/mol. The maximum absolute atomic E-state index is 5.62. The highest BCUT2D eigenvalue weighted by atomic mass is 16.3. The van der Waals surface area contributed by atoms with Crippen molar-refractivity contribution in [3.63, 3.8) is 0 Å². The van der Waals surface area contributed by atoms with Gasteiger partial charge in [-0.3, -0.25) is 0 Å². The minimum absolute atomic E-state index is 0.208. The molecule has 0 bridgehead atoms. The Hall–Kier alpha value is -0.760. The molecule has 1 atom stereocenters. The van der Waals surface area contributed by atoms with Crippen molar-refractivity contribution in [2.45, 2.75) is 59.0 Å². The minimum Gasteiger partial charge on any atom is -0.465 e. The first-order valence-electron chi connectivity index (χ1n) is 5.84. The molecule has 0 saturated carbocycles. The second-order valence-electron chi connectivity index (χ2n) is 4.58. The van der Waals surface area contributed by atoms with E-state index >= 15 is 0 Å². The van der Waals surface area contributed by atoms with Crippen molar-refractivity contribution in [3.8, 4) is 0 Å². The van der Waals surface area contributed by atoms with Crippen LogP contribution >= 0.6 is 0 Å². The Morgan fingerprint density at radius 3 is 2.33 bits per heavy atom. The first-order chi connectivity index (χ1) is 7.00. The Balaban J connectivity index is 2.66. The third-order valence-corrected chi connectivity index (χ3v) is 3.31. The van der Waals surface area contributed by atoms with Crippen molar-refractivity contribution in [2.75, 3.05) is 0 Å². The van der Waals surface area contributed by atoms with Crippen LogP contribution in [0.4, 0.5) is 0 Å². The van der Waals surface area contributed by atoms with Gasteiger partial charge in [-0.1, -0.05) is 13.8 Å². The van der Waals surface area contributed by atoms with Crippen LogP contribution in [0.1, 0.15) is 58.1 Å². The summed E-state index contributed by atoms with van der Waals surface area (Å²) in [5.41, 5.74) is 0.208. The first kappa shape index (κ1) is 12.3. The monoisotopic (exact) mass is 209 g/mol. The molecule has 15 heavy (non-hydrogen) atoms. The molecule has 1 aromatic heterocycles. The summed E-state index contributed by atoms with van der Waals surface area (Å²) < 4.78 is 5.62. The third-order valence-electron chi connectivity index (χ3n) is 3.31. The summed E-state index contributed by atoms with van der Waals surface area (Å²) >= 11 is 0. The normalized spacial score (nSPS) is 14.2. The number of hydrogen-bond acceptors (Lipinski definition) is 2. The van der Waals surface area contributed by atoms with E-state index in [9.17, 15) is 0 Å². The smallest absolute Gasteiger partial charge is 0.120 e. The van der Waals surface area contributed by atoms with Gasteiger partial charge in [-0.05, 0) is 45.7 Å². The fourth-order valence-electron chi connectivity index (χ4n) is 1.73. The van der Waals surface area contributed by atoms with E-state index in [0.717, 1.165) is 24.4 Å². The Kier molecular flexibility index (Phi) is 3.97. The van der Waals surface area contributed by atoms with Gasteiger partial charge in [-0.2, -0.15) is 0 Å². The SMILES string of the molecule is CCC(C)(CC)NC(C)c1ccc(C)o1. The van der Waals surface area contributed by atoms with E-state index in [1.165, 1.54) is 0 Å². The Labute approximate surface area is 93.1 Å². The zero-order valence-electron chi connectivity index (χ0n) is 10.6. The van der Waals surface area contributed by atoms with Gasteiger partial charge in [0.15, 0.2) is 0 Å². The third kappa shape index (κ3) is 3.10. The van der Waals surface area contributed by atoms with E-state index in [2.05, 4.69) is 39.1 Å². The van der Waals surface area contributed by atoms with E-state index in [1.54, 1.807) is 0 Å². The lowest BCUT2D eigenvalue weighted by molar-refractivity contribution is 0.277. The van der Waals surface area contributed by atoms with Gasteiger partial charge >= 0.3 is 0 Å². The number of hydrogen-bond donors (Lipinski definition) is 1. The molecule has 0 radical (unpaired) electrons. The van der Waals surface area contributed by atoms with Crippen LogP contribution in [-0.4, -0.2) is 5.54 Å². The molecule has 1 N–H and O–H groups in total. The van der Waals surface area contributed by atoms with Crippen LogP contribution in [0.3, 0.4) is 0 Å². The molecule has 0 saturated heterocycles. The first-order valence-corrected chi connectivity index (χ1v) is 5.84. The highest BCUT2D eigenvalue weighted by Gasteiger charge is 2.23. The number of rotatable bonds is 5. The zero-order valence-corrected chi connectivity index (χ0v) is 10.6. The van der Waals surface area contributed by atoms with E-state index in [4.69, 9.17) is 4.42 Å². The molecule has 2 nitrogen and oxygen atoms in total. The summed E-state index contributed by atoms with van der Waals surface area (Å²) in [7, 11) is 0. The Morgan fingerprint density at radius 1 is 1.33 bits per heavy atom. The molecule has 0 aliphatic carbocycles. The summed E-state index contributed by atoms with van der Waals surface area (Å²) in [6, 6.07) is 4.35. The van der Waals surface area contributed by atoms with Gasteiger partial charge in [0.05, 0.1) is 6.04 Å². The molecule has 1 heterocycles. The van der Waals surface area contributed by atoms with Gasteiger partial charge in [-0.15, -0.1) is 0 Å². The lowest BCUT2D eigenvalue weighted by atomic mass is 9.94. The molecule has 0 aromatic carbocycles. The maximum Gasteiger partial charge on any atom is 0.120 e. The number of furan rings is 1. The molecule has 0 aliphatic rings. The number of nitrogens with one attached hydrogen (secondary N) is 1. The molecule has 1 aromatic rings. The van der Waals surface area contributed by atoms with Gasteiger partial charge < -0.3 is 9.73 Å². The highest BCUT2D eigenvalue weighted by Crippen LogP contribution is 2.22. The lowest BCUT2D eigenvalue weighted by Crippen LogP contribution is -2.42. The molecule has 0 spiro atoms. The van der Waals surface area contributed by atoms with Crippen LogP contribution in [0.25, 0.3) is 0 Å². The van der Waals surface area contributed by atoms with Crippen LogP contribution in [0.15, 0.2) is 16.5 Å². The second-order valence-corrected chi connectivity index (χ2v) is 4.58. The average Bonchev–Trinajstić information content (AvgIpc) is 2.65. The van der Waals surface area contributed by atoms with Crippen LogP contribution in [0.5, 0.6) is 0 Å². The Morgan fingerprint density at radius 2 is 1.93 bits per heavy atom. The molecule has 1 unspecified atom stereocenters. The van der Waals surface area contributed by atoms with Crippen molar-refractivity contribution >= 4 is 0 Å². The van der Waals surface area contributed by atoms with Crippen molar-refractivity contribution in [1.82, 2.24) is 5.32 Å². The highest BCUT2D eigenvalue weighted by molar-refractivity contribution is 5.09. The summed E-state index contributed by atoms with van der Waals surface area (Å²) in [6.07, 6.45) is 2.26. The topological polar surface area (TPSA) is 25.2 Å². The van der Waals surface area contributed by atoms with Crippen molar-refractivity contribution in [3.05, 3.63) is 23.7 Å². The predicted molar refractivity (Wildman–Crippen MR) is 64.0 cm³/mol. The molecule has 1 rings (SSSR count). The molecule has 86 valence electrons.